The molecule has 0 aliphatic carbocycles. The van der Waals surface area contributed by atoms with Crippen LogP contribution in [0.15, 0.2) is 22.5 Å². The summed E-state index contributed by atoms with van der Waals surface area (Å²) in [4.78, 5) is 9.09. The summed E-state index contributed by atoms with van der Waals surface area (Å²) in [5.74, 6) is 1.12. The molecule has 1 fully saturated rings. The lowest BCUT2D eigenvalue weighted by molar-refractivity contribution is 0.374. The molecule has 24 heavy (non-hydrogen) atoms. The summed E-state index contributed by atoms with van der Waals surface area (Å²) >= 11 is 1.76. The molecule has 6 nitrogen and oxygen atoms in total. The number of thiophene rings is 1. The van der Waals surface area contributed by atoms with Crippen LogP contribution in [0.1, 0.15) is 13.8 Å². The zero-order valence-electron chi connectivity index (χ0n) is 14.3. The Kier molecular flexibility index (Phi) is 9.35. The standard InChI is InChI=1S/C15H26N4O2S2.HI/c1-3-16-15(17-7-13-23(20,21)4-2)19-10-8-18(9-11-19)14-6-5-12-22-14;/h5-6,12H,3-4,7-11,13H2,1-2H3,(H,16,17);1H. The van der Waals surface area contributed by atoms with Gasteiger partial charge in [0.15, 0.2) is 15.8 Å². The third-order valence-electron chi connectivity index (χ3n) is 3.84. The third kappa shape index (κ3) is 6.40. The first-order chi connectivity index (χ1) is 11.1. The zero-order valence-corrected chi connectivity index (χ0v) is 18.2. The van der Waals surface area contributed by atoms with Crippen LogP contribution in [-0.4, -0.2) is 70.1 Å². The highest BCUT2D eigenvalue weighted by Crippen LogP contribution is 2.22. The molecule has 2 rings (SSSR count). The number of nitrogens with one attached hydrogen (secondary N) is 1. The second-order valence-electron chi connectivity index (χ2n) is 5.40. The molecule has 0 bridgehead atoms. The van der Waals surface area contributed by atoms with Gasteiger partial charge in [0.1, 0.15) is 0 Å². The predicted octanol–water partition coefficient (Wildman–Crippen LogP) is 1.89. The molecule has 0 atom stereocenters. The third-order valence-corrected chi connectivity index (χ3v) is 6.45. The summed E-state index contributed by atoms with van der Waals surface area (Å²) in [6, 6.07) is 4.22. The van der Waals surface area contributed by atoms with E-state index in [1.54, 1.807) is 18.3 Å². The van der Waals surface area contributed by atoms with Crippen LogP contribution in [0.5, 0.6) is 0 Å². The second-order valence-corrected chi connectivity index (χ2v) is 8.80. The van der Waals surface area contributed by atoms with Crippen molar-refractivity contribution in [3.63, 3.8) is 0 Å². The van der Waals surface area contributed by atoms with Crippen molar-refractivity contribution < 1.29 is 8.42 Å². The Bertz CT molecular complexity index is 597. The van der Waals surface area contributed by atoms with Crippen molar-refractivity contribution in [3.8, 4) is 0 Å². The van der Waals surface area contributed by atoms with Crippen LogP contribution in [-0.2, 0) is 9.84 Å². The van der Waals surface area contributed by atoms with E-state index in [1.165, 1.54) is 5.00 Å². The minimum Gasteiger partial charge on any atom is -0.360 e. The number of sulfone groups is 1. The van der Waals surface area contributed by atoms with E-state index in [2.05, 4.69) is 37.6 Å². The van der Waals surface area contributed by atoms with Crippen molar-refractivity contribution in [1.82, 2.24) is 10.2 Å². The van der Waals surface area contributed by atoms with Crippen molar-refractivity contribution in [2.24, 2.45) is 4.99 Å². The summed E-state index contributed by atoms with van der Waals surface area (Å²) in [5.41, 5.74) is 0. The number of rotatable bonds is 6. The van der Waals surface area contributed by atoms with Crippen molar-refractivity contribution in [2.45, 2.75) is 13.8 Å². The minimum atomic E-state index is -2.96. The smallest absolute Gasteiger partial charge is 0.194 e. The maximum atomic E-state index is 11.6. The van der Waals surface area contributed by atoms with Crippen LogP contribution in [0.25, 0.3) is 0 Å². The molecule has 138 valence electrons. The molecule has 2 heterocycles. The van der Waals surface area contributed by atoms with Crippen LogP contribution in [0, 0.1) is 0 Å². The SMILES string of the molecule is CCNC(=NCCS(=O)(=O)CC)N1CCN(c2cccs2)CC1.I. The van der Waals surface area contributed by atoms with E-state index in [-0.39, 0.29) is 35.5 Å². The van der Waals surface area contributed by atoms with Crippen LogP contribution >= 0.6 is 35.3 Å². The molecule has 0 radical (unpaired) electrons. The molecule has 0 aromatic carbocycles. The summed E-state index contributed by atoms with van der Waals surface area (Å²) in [5, 5.41) is 6.68. The minimum absolute atomic E-state index is 0. The Balaban J connectivity index is 0.00000288. The van der Waals surface area contributed by atoms with E-state index < -0.39 is 9.84 Å². The first kappa shape index (κ1) is 21.5. The second kappa shape index (κ2) is 10.4. The van der Waals surface area contributed by atoms with Crippen molar-refractivity contribution in [2.75, 3.05) is 55.7 Å². The Morgan fingerprint density at radius 2 is 2.00 bits per heavy atom. The maximum Gasteiger partial charge on any atom is 0.194 e. The predicted molar refractivity (Wildman–Crippen MR) is 114 cm³/mol. The molecule has 1 aliphatic rings. The van der Waals surface area contributed by atoms with E-state index in [0.717, 1.165) is 38.7 Å². The fraction of sp³-hybridized carbons (Fsp3) is 0.667. The van der Waals surface area contributed by atoms with E-state index in [4.69, 9.17) is 0 Å². The molecule has 1 aromatic rings. The first-order valence-electron chi connectivity index (χ1n) is 8.08. The Labute approximate surface area is 166 Å². The van der Waals surface area contributed by atoms with Gasteiger partial charge in [0, 0.05) is 38.5 Å². The number of nitrogens with zero attached hydrogens (tertiary/aromatic N) is 3. The average molecular weight is 486 g/mol. The van der Waals surface area contributed by atoms with Crippen LogP contribution in [0.2, 0.25) is 0 Å². The van der Waals surface area contributed by atoms with E-state index in [0.29, 0.717) is 6.54 Å². The van der Waals surface area contributed by atoms with Gasteiger partial charge in [0.2, 0.25) is 0 Å². The highest BCUT2D eigenvalue weighted by atomic mass is 127. The number of anilines is 1. The summed E-state index contributed by atoms with van der Waals surface area (Å²) in [6.07, 6.45) is 0. The Hall–Kier alpha value is -0.550. The maximum absolute atomic E-state index is 11.6. The summed E-state index contributed by atoms with van der Waals surface area (Å²) in [7, 11) is -2.96. The van der Waals surface area contributed by atoms with E-state index in [1.807, 2.05) is 6.92 Å². The molecule has 1 aliphatic heterocycles. The number of hydrogen-bond acceptors (Lipinski definition) is 5. The van der Waals surface area contributed by atoms with E-state index in [9.17, 15) is 8.42 Å². The van der Waals surface area contributed by atoms with Crippen molar-refractivity contribution in [1.29, 1.82) is 0 Å². The van der Waals surface area contributed by atoms with Crippen LogP contribution in [0.3, 0.4) is 0 Å². The molecular weight excluding hydrogens is 459 g/mol. The quantitative estimate of drug-likeness (QED) is 0.378. The van der Waals surface area contributed by atoms with Gasteiger partial charge in [0.05, 0.1) is 17.3 Å². The van der Waals surface area contributed by atoms with Gasteiger partial charge in [-0.3, -0.25) is 4.99 Å². The molecule has 0 unspecified atom stereocenters. The van der Waals surface area contributed by atoms with Crippen LogP contribution in [0.4, 0.5) is 5.00 Å². The molecular formula is C15H27IN4O2S2. The fourth-order valence-electron chi connectivity index (χ4n) is 2.45. The normalized spacial score (nSPS) is 16.0. The van der Waals surface area contributed by atoms with Gasteiger partial charge in [-0.05, 0) is 24.4 Å². The summed E-state index contributed by atoms with van der Waals surface area (Å²) < 4.78 is 23.2. The largest absolute Gasteiger partial charge is 0.360 e. The monoisotopic (exact) mass is 486 g/mol. The van der Waals surface area contributed by atoms with Gasteiger partial charge in [-0.25, -0.2) is 8.42 Å². The molecule has 0 spiro atoms. The number of halogens is 1. The lowest BCUT2D eigenvalue weighted by Crippen LogP contribution is -2.52. The van der Waals surface area contributed by atoms with Gasteiger partial charge >= 0.3 is 0 Å². The highest BCUT2D eigenvalue weighted by Gasteiger charge is 2.20. The van der Waals surface area contributed by atoms with Gasteiger partial charge in [-0.2, -0.15) is 0 Å². The molecule has 0 amide bonds. The number of aliphatic imine (C=N–C) groups is 1. The molecule has 1 N–H and O–H groups in total. The summed E-state index contributed by atoms with van der Waals surface area (Å²) in [6.45, 7) is 8.51. The highest BCUT2D eigenvalue weighted by molar-refractivity contribution is 14.0. The lowest BCUT2D eigenvalue weighted by Gasteiger charge is -2.37. The van der Waals surface area contributed by atoms with Gasteiger partial charge in [-0.15, -0.1) is 35.3 Å². The van der Waals surface area contributed by atoms with Crippen LogP contribution < -0.4 is 10.2 Å². The van der Waals surface area contributed by atoms with Crippen molar-refractivity contribution in [3.05, 3.63) is 17.5 Å². The van der Waals surface area contributed by atoms with Gasteiger partial charge in [-0.1, -0.05) is 6.92 Å². The molecule has 1 saturated heterocycles. The Morgan fingerprint density at radius 1 is 1.29 bits per heavy atom. The molecule has 1 aromatic heterocycles. The number of guanidine groups is 1. The average Bonchev–Trinajstić information content (AvgIpc) is 3.09. The van der Waals surface area contributed by atoms with Crippen molar-refractivity contribution >= 4 is 56.1 Å². The number of hydrogen-bond donors (Lipinski definition) is 1. The molecule has 0 saturated carbocycles. The fourth-order valence-corrected chi connectivity index (χ4v) is 3.89. The van der Waals surface area contributed by atoms with Gasteiger partial charge < -0.3 is 15.1 Å². The van der Waals surface area contributed by atoms with Gasteiger partial charge in [0.25, 0.3) is 0 Å². The topological polar surface area (TPSA) is 65.0 Å². The number of piperazine rings is 1. The first-order valence-corrected chi connectivity index (χ1v) is 10.8. The van der Waals surface area contributed by atoms with E-state index >= 15 is 0 Å². The molecule has 9 heteroatoms. The Morgan fingerprint density at radius 3 is 2.54 bits per heavy atom. The lowest BCUT2D eigenvalue weighted by atomic mass is 10.3. The zero-order chi connectivity index (χ0) is 16.7.